The third kappa shape index (κ3) is 3.47. The molecule has 1 heterocycles. The van der Waals surface area contributed by atoms with Crippen molar-refractivity contribution in [2.45, 2.75) is 25.0 Å². The Balaban J connectivity index is 1.94. The number of methoxy groups -OCH3 is 2. The molecular weight excluding hydrogens is 242 g/mol. The van der Waals surface area contributed by atoms with E-state index in [-0.39, 0.29) is 11.6 Å². The number of hydrogen-bond acceptors (Lipinski definition) is 4. The van der Waals surface area contributed by atoms with Crippen molar-refractivity contribution in [1.29, 1.82) is 0 Å². The van der Waals surface area contributed by atoms with Gasteiger partial charge in [0.25, 0.3) is 0 Å². The Kier molecular flexibility index (Phi) is 4.80. The Labute approximate surface area is 115 Å². The molecule has 0 aliphatic carbocycles. The first-order valence-electron chi connectivity index (χ1n) is 6.69. The van der Waals surface area contributed by atoms with E-state index in [0.29, 0.717) is 6.61 Å². The predicted octanol–water partition coefficient (Wildman–Crippen LogP) is 2.15. The molecule has 1 saturated heterocycles. The van der Waals surface area contributed by atoms with Crippen molar-refractivity contribution in [3.05, 3.63) is 29.8 Å². The van der Waals surface area contributed by atoms with Gasteiger partial charge in [-0.05, 0) is 24.6 Å². The summed E-state index contributed by atoms with van der Waals surface area (Å²) in [6.45, 7) is 4.39. The highest BCUT2D eigenvalue weighted by atomic mass is 16.5. The average molecular weight is 265 g/mol. The molecule has 106 valence electrons. The van der Waals surface area contributed by atoms with Gasteiger partial charge in [0.15, 0.2) is 0 Å². The second-order valence-corrected chi connectivity index (χ2v) is 5.07. The lowest BCUT2D eigenvalue weighted by Crippen LogP contribution is -2.43. The van der Waals surface area contributed by atoms with Gasteiger partial charge in [0, 0.05) is 32.7 Å². The molecular formula is C15H23NO3. The molecule has 2 rings (SSSR count). The maximum atomic E-state index is 5.62. The molecule has 4 nitrogen and oxygen atoms in total. The van der Waals surface area contributed by atoms with Gasteiger partial charge in [-0.25, -0.2) is 0 Å². The molecule has 2 atom stereocenters. The Morgan fingerprint density at radius 1 is 1.42 bits per heavy atom. The molecule has 0 spiro atoms. The van der Waals surface area contributed by atoms with Crippen molar-refractivity contribution in [1.82, 2.24) is 5.32 Å². The highest BCUT2D eigenvalue weighted by molar-refractivity contribution is 5.30. The minimum Gasteiger partial charge on any atom is -0.497 e. The third-order valence-corrected chi connectivity index (χ3v) is 3.82. The number of ether oxygens (including phenoxy) is 3. The fourth-order valence-corrected chi connectivity index (χ4v) is 2.33. The molecule has 1 fully saturated rings. The highest BCUT2D eigenvalue weighted by Gasteiger charge is 2.34. The van der Waals surface area contributed by atoms with Crippen LogP contribution in [0.2, 0.25) is 0 Å². The quantitative estimate of drug-likeness (QED) is 0.855. The van der Waals surface area contributed by atoms with Crippen LogP contribution in [0.25, 0.3) is 0 Å². The standard InChI is InChI=1S/C15H23NO3/c1-12(13-5-4-6-14(9-13)17-2)16-10-15(18-3)7-8-19-11-15/h4-6,9,12,16H,7-8,10-11H2,1-3H3. The minimum absolute atomic E-state index is 0.173. The van der Waals surface area contributed by atoms with Gasteiger partial charge in [-0.3, -0.25) is 0 Å². The summed E-state index contributed by atoms with van der Waals surface area (Å²) in [5, 5.41) is 3.52. The maximum absolute atomic E-state index is 5.62. The smallest absolute Gasteiger partial charge is 0.119 e. The number of nitrogens with one attached hydrogen (secondary N) is 1. The number of rotatable bonds is 6. The second-order valence-electron chi connectivity index (χ2n) is 5.07. The van der Waals surface area contributed by atoms with E-state index >= 15 is 0 Å². The van der Waals surface area contributed by atoms with E-state index in [1.54, 1.807) is 14.2 Å². The van der Waals surface area contributed by atoms with E-state index in [9.17, 15) is 0 Å². The molecule has 1 aliphatic heterocycles. The van der Waals surface area contributed by atoms with E-state index < -0.39 is 0 Å². The minimum atomic E-state index is -0.173. The Morgan fingerprint density at radius 2 is 2.26 bits per heavy atom. The predicted molar refractivity (Wildman–Crippen MR) is 74.6 cm³/mol. The molecule has 1 aromatic rings. The van der Waals surface area contributed by atoms with Crippen molar-refractivity contribution in [2.24, 2.45) is 0 Å². The van der Waals surface area contributed by atoms with Gasteiger partial charge in [0.1, 0.15) is 11.4 Å². The lowest BCUT2D eigenvalue weighted by Gasteiger charge is -2.28. The van der Waals surface area contributed by atoms with Crippen LogP contribution in [0.4, 0.5) is 0 Å². The van der Waals surface area contributed by atoms with Crippen molar-refractivity contribution in [3.63, 3.8) is 0 Å². The van der Waals surface area contributed by atoms with Crippen LogP contribution in [0, 0.1) is 0 Å². The first-order chi connectivity index (χ1) is 9.19. The van der Waals surface area contributed by atoms with Gasteiger partial charge in [0.05, 0.1) is 13.7 Å². The molecule has 1 aromatic carbocycles. The molecule has 1 N–H and O–H groups in total. The van der Waals surface area contributed by atoms with Crippen LogP contribution >= 0.6 is 0 Å². The van der Waals surface area contributed by atoms with Crippen molar-refractivity contribution in [2.75, 3.05) is 34.0 Å². The first-order valence-corrected chi connectivity index (χ1v) is 6.69. The van der Waals surface area contributed by atoms with E-state index in [2.05, 4.69) is 24.4 Å². The summed E-state index contributed by atoms with van der Waals surface area (Å²) in [5.74, 6) is 0.886. The molecule has 2 unspecified atom stereocenters. The van der Waals surface area contributed by atoms with Gasteiger partial charge in [-0.2, -0.15) is 0 Å². The van der Waals surface area contributed by atoms with Crippen LogP contribution in [0.1, 0.15) is 24.9 Å². The maximum Gasteiger partial charge on any atom is 0.119 e. The summed E-state index contributed by atoms with van der Waals surface area (Å²) in [5.41, 5.74) is 1.04. The van der Waals surface area contributed by atoms with Crippen LogP contribution in [0.5, 0.6) is 5.75 Å². The molecule has 19 heavy (non-hydrogen) atoms. The topological polar surface area (TPSA) is 39.7 Å². The molecule has 0 aromatic heterocycles. The van der Waals surface area contributed by atoms with E-state index in [4.69, 9.17) is 14.2 Å². The number of benzene rings is 1. The normalized spacial score (nSPS) is 24.4. The molecule has 4 heteroatoms. The molecule has 0 bridgehead atoms. The summed E-state index contributed by atoms with van der Waals surface area (Å²) in [6.07, 6.45) is 0.946. The average Bonchev–Trinajstić information content (AvgIpc) is 2.94. The third-order valence-electron chi connectivity index (χ3n) is 3.82. The molecule has 0 radical (unpaired) electrons. The lowest BCUT2D eigenvalue weighted by molar-refractivity contribution is -0.0172. The molecule has 0 saturated carbocycles. The van der Waals surface area contributed by atoms with Crippen LogP contribution < -0.4 is 10.1 Å². The fraction of sp³-hybridized carbons (Fsp3) is 0.600. The zero-order valence-electron chi connectivity index (χ0n) is 11.9. The van der Waals surface area contributed by atoms with Crippen molar-refractivity contribution in [3.8, 4) is 5.75 Å². The van der Waals surface area contributed by atoms with Gasteiger partial charge in [-0.15, -0.1) is 0 Å². The van der Waals surface area contributed by atoms with Crippen molar-refractivity contribution < 1.29 is 14.2 Å². The highest BCUT2D eigenvalue weighted by Crippen LogP contribution is 2.24. The summed E-state index contributed by atoms with van der Waals surface area (Å²) < 4.78 is 16.3. The Bertz CT molecular complexity index is 402. The van der Waals surface area contributed by atoms with Gasteiger partial charge in [0.2, 0.25) is 0 Å². The van der Waals surface area contributed by atoms with Gasteiger partial charge < -0.3 is 19.5 Å². The van der Waals surface area contributed by atoms with Gasteiger partial charge in [-0.1, -0.05) is 12.1 Å². The summed E-state index contributed by atoms with van der Waals surface area (Å²) in [4.78, 5) is 0. The second kappa shape index (κ2) is 6.37. The zero-order chi connectivity index (χ0) is 13.7. The van der Waals surface area contributed by atoms with Gasteiger partial charge >= 0.3 is 0 Å². The lowest BCUT2D eigenvalue weighted by atomic mass is 10.0. The van der Waals surface area contributed by atoms with Crippen LogP contribution in [-0.4, -0.2) is 39.6 Å². The van der Waals surface area contributed by atoms with Crippen LogP contribution in [0.15, 0.2) is 24.3 Å². The number of hydrogen-bond donors (Lipinski definition) is 1. The molecule has 1 aliphatic rings. The summed E-state index contributed by atoms with van der Waals surface area (Å²) in [7, 11) is 3.44. The summed E-state index contributed by atoms with van der Waals surface area (Å²) >= 11 is 0. The molecule has 0 amide bonds. The van der Waals surface area contributed by atoms with E-state index in [0.717, 1.165) is 25.3 Å². The van der Waals surface area contributed by atoms with Crippen LogP contribution in [-0.2, 0) is 9.47 Å². The SMILES string of the molecule is COc1cccc(C(C)NCC2(OC)CCOC2)c1. The van der Waals surface area contributed by atoms with Crippen molar-refractivity contribution >= 4 is 0 Å². The fourth-order valence-electron chi connectivity index (χ4n) is 2.33. The Hall–Kier alpha value is -1.10. The first kappa shape index (κ1) is 14.3. The largest absolute Gasteiger partial charge is 0.497 e. The van der Waals surface area contributed by atoms with E-state index in [1.165, 1.54) is 5.56 Å². The summed E-state index contributed by atoms with van der Waals surface area (Å²) in [6, 6.07) is 8.38. The van der Waals surface area contributed by atoms with E-state index in [1.807, 2.05) is 12.1 Å². The van der Waals surface area contributed by atoms with Crippen LogP contribution in [0.3, 0.4) is 0 Å². The Morgan fingerprint density at radius 3 is 2.89 bits per heavy atom. The monoisotopic (exact) mass is 265 g/mol. The zero-order valence-corrected chi connectivity index (χ0v) is 11.9.